The van der Waals surface area contributed by atoms with Crippen molar-refractivity contribution in [1.82, 2.24) is 9.88 Å². The highest BCUT2D eigenvalue weighted by Gasteiger charge is 2.28. The van der Waals surface area contributed by atoms with E-state index in [1.54, 1.807) is 0 Å². The molecule has 28 heavy (non-hydrogen) atoms. The van der Waals surface area contributed by atoms with Gasteiger partial charge in [-0.3, -0.25) is 0 Å². The topological polar surface area (TPSA) is 54.3 Å². The molecular formula is C24H34N2O2. The summed E-state index contributed by atoms with van der Waals surface area (Å²) in [7, 11) is 0. The minimum atomic E-state index is -0.829. The van der Waals surface area contributed by atoms with Crippen LogP contribution in [0.15, 0.2) is 24.3 Å². The summed E-state index contributed by atoms with van der Waals surface area (Å²) in [6.45, 7) is 12.0. The normalized spacial score (nSPS) is 22.4. The summed E-state index contributed by atoms with van der Waals surface area (Å²) in [5, 5.41) is 13.6. The molecule has 1 heterocycles. The van der Waals surface area contributed by atoms with Gasteiger partial charge in [-0.2, -0.15) is 0 Å². The zero-order valence-electron chi connectivity index (χ0n) is 17.9. The Kier molecular flexibility index (Phi) is 6.29. The van der Waals surface area contributed by atoms with Gasteiger partial charge in [0.05, 0.1) is 5.56 Å². The maximum absolute atomic E-state index is 12.0. The summed E-state index contributed by atoms with van der Waals surface area (Å²) in [6, 6.07) is 8.92. The van der Waals surface area contributed by atoms with Gasteiger partial charge in [0, 0.05) is 36.1 Å². The van der Waals surface area contributed by atoms with Crippen molar-refractivity contribution in [3.05, 3.63) is 57.9 Å². The first-order chi connectivity index (χ1) is 13.3. The average molecular weight is 383 g/mol. The lowest BCUT2D eigenvalue weighted by atomic mass is 9.78. The molecule has 3 rings (SSSR count). The summed E-state index contributed by atoms with van der Waals surface area (Å²) in [5.41, 5.74) is 5.72. The van der Waals surface area contributed by atoms with E-state index in [9.17, 15) is 9.90 Å². The Labute approximate surface area is 169 Å². The third kappa shape index (κ3) is 4.17. The number of benzene rings is 1. The fourth-order valence-corrected chi connectivity index (χ4v) is 4.67. The molecule has 0 saturated heterocycles. The minimum absolute atomic E-state index is 0.463. The Hall–Kier alpha value is -2.07. The second-order valence-electron chi connectivity index (χ2n) is 8.66. The fraction of sp³-hybridized carbons (Fsp3) is 0.542. The van der Waals surface area contributed by atoms with E-state index in [1.807, 2.05) is 6.92 Å². The third-order valence-electron chi connectivity index (χ3n) is 6.83. The quantitative estimate of drug-likeness (QED) is 0.733. The number of carboxylic acids is 1. The van der Waals surface area contributed by atoms with Crippen LogP contribution in [0.5, 0.6) is 0 Å². The van der Waals surface area contributed by atoms with E-state index in [0.717, 1.165) is 22.9 Å². The van der Waals surface area contributed by atoms with E-state index in [-0.39, 0.29) is 0 Å². The Bertz CT molecular complexity index is 835. The number of rotatable bonds is 6. The van der Waals surface area contributed by atoms with Crippen LogP contribution in [0.3, 0.4) is 0 Å². The first kappa shape index (κ1) is 20.7. The Balaban J connectivity index is 1.85. The molecule has 0 amide bonds. The van der Waals surface area contributed by atoms with Crippen LogP contribution in [-0.2, 0) is 13.1 Å². The number of carboxylic acid groups (broad SMARTS) is 1. The first-order valence-corrected chi connectivity index (χ1v) is 10.5. The molecule has 1 aliphatic carbocycles. The summed E-state index contributed by atoms with van der Waals surface area (Å²) < 4.78 is 2.15. The van der Waals surface area contributed by atoms with Gasteiger partial charge >= 0.3 is 5.97 Å². The summed E-state index contributed by atoms with van der Waals surface area (Å²) in [6.07, 6.45) is 3.72. The number of aryl methyl sites for hydroxylation is 1. The highest BCUT2D eigenvalue weighted by molar-refractivity contribution is 5.91. The second-order valence-corrected chi connectivity index (χ2v) is 8.66. The zero-order chi connectivity index (χ0) is 20.4. The van der Waals surface area contributed by atoms with Gasteiger partial charge in [0.1, 0.15) is 0 Å². The summed E-state index contributed by atoms with van der Waals surface area (Å²) >= 11 is 0. The molecule has 3 atom stereocenters. The largest absolute Gasteiger partial charge is 0.478 e. The maximum Gasteiger partial charge on any atom is 0.337 e. The number of hydrogen-bond acceptors (Lipinski definition) is 2. The molecule has 1 fully saturated rings. The predicted octanol–water partition coefficient (Wildman–Crippen LogP) is 5.07. The molecule has 0 unspecified atom stereocenters. The SMILES string of the molecule is Cc1ccc(Cn2c(C)c(CN[C@@H]3CCC[C@@H](C)[C@H]3C)c(C(=O)O)c2C)cc1. The highest BCUT2D eigenvalue weighted by atomic mass is 16.4. The molecule has 4 heteroatoms. The van der Waals surface area contributed by atoms with Gasteiger partial charge in [0.25, 0.3) is 0 Å². The molecule has 1 aromatic heterocycles. The number of aromatic nitrogens is 1. The van der Waals surface area contributed by atoms with Gasteiger partial charge in [-0.05, 0) is 44.6 Å². The van der Waals surface area contributed by atoms with Gasteiger partial charge in [0.2, 0.25) is 0 Å². The van der Waals surface area contributed by atoms with Crippen LogP contribution < -0.4 is 5.32 Å². The van der Waals surface area contributed by atoms with Crippen LogP contribution >= 0.6 is 0 Å². The average Bonchev–Trinajstić information content (AvgIpc) is 2.89. The molecule has 1 saturated carbocycles. The Morgan fingerprint density at radius 3 is 2.43 bits per heavy atom. The molecule has 1 aromatic carbocycles. The number of carbonyl (C=O) groups is 1. The number of nitrogens with zero attached hydrogens (tertiary/aromatic N) is 1. The van der Waals surface area contributed by atoms with Crippen LogP contribution in [0.25, 0.3) is 0 Å². The van der Waals surface area contributed by atoms with Crippen LogP contribution in [0.2, 0.25) is 0 Å². The van der Waals surface area contributed by atoms with Gasteiger partial charge in [-0.1, -0.05) is 56.5 Å². The van der Waals surface area contributed by atoms with Crippen molar-refractivity contribution in [1.29, 1.82) is 0 Å². The predicted molar refractivity (Wildman–Crippen MR) is 114 cm³/mol. The van der Waals surface area contributed by atoms with E-state index < -0.39 is 5.97 Å². The van der Waals surface area contributed by atoms with Crippen molar-refractivity contribution < 1.29 is 9.90 Å². The van der Waals surface area contributed by atoms with E-state index in [2.05, 4.69) is 61.8 Å². The number of hydrogen-bond donors (Lipinski definition) is 2. The van der Waals surface area contributed by atoms with Crippen molar-refractivity contribution >= 4 is 5.97 Å². The Morgan fingerprint density at radius 2 is 1.79 bits per heavy atom. The summed E-state index contributed by atoms with van der Waals surface area (Å²) in [4.78, 5) is 12.0. The van der Waals surface area contributed by atoms with E-state index >= 15 is 0 Å². The molecule has 2 aromatic rings. The van der Waals surface area contributed by atoms with Gasteiger partial charge < -0.3 is 15.0 Å². The van der Waals surface area contributed by atoms with Crippen molar-refractivity contribution in [2.75, 3.05) is 0 Å². The minimum Gasteiger partial charge on any atom is -0.478 e. The smallest absolute Gasteiger partial charge is 0.337 e. The maximum atomic E-state index is 12.0. The standard InChI is InChI=1S/C24H34N2O2/c1-15-9-11-20(12-10-15)14-26-18(4)21(23(19(26)5)24(27)28)13-25-22-8-6-7-16(2)17(22)3/h9-12,16-17,22,25H,6-8,13-14H2,1-5H3,(H,27,28)/t16-,17-,22-/m1/s1. The monoisotopic (exact) mass is 382 g/mol. The molecule has 0 radical (unpaired) electrons. The van der Waals surface area contributed by atoms with Crippen molar-refractivity contribution in [3.63, 3.8) is 0 Å². The van der Waals surface area contributed by atoms with E-state index in [4.69, 9.17) is 0 Å². The van der Waals surface area contributed by atoms with Crippen molar-refractivity contribution in [2.24, 2.45) is 11.8 Å². The lowest BCUT2D eigenvalue weighted by Crippen LogP contribution is -2.40. The van der Waals surface area contributed by atoms with Crippen LogP contribution in [0, 0.1) is 32.6 Å². The van der Waals surface area contributed by atoms with E-state index in [0.29, 0.717) is 30.6 Å². The van der Waals surface area contributed by atoms with Crippen molar-refractivity contribution in [3.8, 4) is 0 Å². The summed E-state index contributed by atoms with van der Waals surface area (Å²) in [5.74, 6) is 0.516. The molecule has 0 bridgehead atoms. The molecule has 4 nitrogen and oxygen atoms in total. The van der Waals surface area contributed by atoms with Crippen LogP contribution in [-0.4, -0.2) is 21.7 Å². The molecule has 0 spiro atoms. The lowest BCUT2D eigenvalue weighted by Gasteiger charge is -2.34. The number of nitrogens with one attached hydrogen (secondary N) is 1. The van der Waals surface area contributed by atoms with Gasteiger partial charge in [-0.25, -0.2) is 4.79 Å². The Morgan fingerprint density at radius 1 is 1.11 bits per heavy atom. The molecular weight excluding hydrogens is 348 g/mol. The van der Waals surface area contributed by atoms with E-state index in [1.165, 1.54) is 30.4 Å². The molecule has 1 aliphatic rings. The number of aromatic carboxylic acids is 1. The molecule has 152 valence electrons. The highest BCUT2D eigenvalue weighted by Crippen LogP contribution is 2.30. The van der Waals surface area contributed by atoms with Crippen molar-refractivity contribution in [2.45, 2.75) is 73.0 Å². The lowest BCUT2D eigenvalue weighted by molar-refractivity contribution is 0.0694. The molecule has 2 N–H and O–H groups in total. The van der Waals surface area contributed by atoms with Crippen LogP contribution in [0.1, 0.15) is 71.5 Å². The molecule has 0 aliphatic heterocycles. The fourth-order valence-electron chi connectivity index (χ4n) is 4.67. The zero-order valence-corrected chi connectivity index (χ0v) is 17.9. The van der Waals surface area contributed by atoms with Crippen LogP contribution in [0.4, 0.5) is 0 Å². The third-order valence-corrected chi connectivity index (χ3v) is 6.83. The first-order valence-electron chi connectivity index (χ1n) is 10.5. The van der Waals surface area contributed by atoms with Gasteiger partial charge in [0.15, 0.2) is 0 Å². The second kappa shape index (κ2) is 8.52. The van der Waals surface area contributed by atoms with Gasteiger partial charge in [-0.15, -0.1) is 0 Å².